The van der Waals surface area contributed by atoms with Crippen molar-refractivity contribution < 1.29 is 14.3 Å². The molecular formula is C19H21N5O3S. The fraction of sp³-hybridized carbons (Fsp3) is 0.211. The highest BCUT2D eigenvalue weighted by molar-refractivity contribution is 7.71. The summed E-state index contributed by atoms with van der Waals surface area (Å²) in [5, 5.41) is 4.18. The first-order valence-electron chi connectivity index (χ1n) is 8.47. The van der Waals surface area contributed by atoms with Gasteiger partial charge < -0.3 is 15.2 Å². The van der Waals surface area contributed by atoms with E-state index in [1.807, 2.05) is 31.2 Å². The smallest absolute Gasteiger partial charge is 0.240 e. The molecule has 0 aliphatic rings. The summed E-state index contributed by atoms with van der Waals surface area (Å²) in [6, 6.07) is 12.7. The van der Waals surface area contributed by atoms with Gasteiger partial charge in [-0.25, -0.2) is 4.68 Å². The van der Waals surface area contributed by atoms with Gasteiger partial charge in [-0.05, 0) is 55.0 Å². The van der Waals surface area contributed by atoms with Gasteiger partial charge in [0.25, 0.3) is 0 Å². The average molecular weight is 399 g/mol. The SMILES string of the molecule is COc1ccc(C(=O)Cn2nc(N)n(Nc3cccc(C)c3)c2=S)cc1OC. The number of nitrogens with zero attached hydrogens (tertiary/aromatic N) is 3. The van der Waals surface area contributed by atoms with Crippen LogP contribution in [0, 0.1) is 11.7 Å². The van der Waals surface area contributed by atoms with Gasteiger partial charge in [0, 0.05) is 5.56 Å². The summed E-state index contributed by atoms with van der Waals surface area (Å²) in [7, 11) is 3.05. The molecule has 1 heterocycles. The second kappa shape index (κ2) is 8.13. The van der Waals surface area contributed by atoms with Crippen LogP contribution in [-0.4, -0.2) is 34.5 Å². The Kier molecular flexibility index (Phi) is 5.65. The zero-order valence-electron chi connectivity index (χ0n) is 15.8. The number of hydrogen-bond donors (Lipinski definition) is 2. The Labute approximate surface area is 167 Å². The van der Waals surface area contributed by atoms with Crippen LogP contribution in [0.2, 0.25) is 0 Å². The van der Waals surface area contributed by atoms with Crippen molar-refractivity contribution in [3.8, 4) is 11.5 Å². The standard InChI is InChI=1S/C19H21N5O3S/c1-12-5-4-6-14(9-12)21-24-18(20)22-23(19(24)28)11-15(25)13-7-8-16(26-2)17(10-13)27-3/h4-10,21H,11H2,1-3H3,(H2,20,22). The second-order valence-electron chi connectivity index (χ2n) is 6.11. The van der Waals surface area contributed by atoms with Crippen LogP contribution in [0.5, 0.6) is 11.5 Å². The maximum absolute atomic E-state index is 12.7. The summed E-state index contributed by atoms with van der Waals surface area (Å²) in [6.45, 7) is 1.93. The van der Waals surface area contributed by atoms with E-state index in [1.54, 1.807) is 18.2 Å². The highest BCUT2D eigenvalue weighted by atomic mass is 32.1. The van der Waals surface area contributed by atoms with Crippen LogP contribution in [0.4, 0.5) is 11.6 Å². The van der Waals surface area contributed by atoms with Crippen molar-refractivity contribution >= 4 is 29.6 Å². The van der Waals surface area contributed by atoms with E-state index in [0.717, 1.165) is 11.3 Å². The highest BCUT2D eigenvalue weighted by Crippen LogP contribution is 2.27. The lowest BCUT2D eigenvalue weighted by Gasteiger charge is -2.09. The summed E-state index contributed by atoms with van der Waals surface area (Å²) >= 11 is 5.43. The van der Waals surface area contributed by atoms with Crippen LogP contribution in [0.1, 0.15) is 15.9 Å². The van der Waals surface area contributed by atoms with Crippen molar-refractivity contribution in [1.82, 2.24) is 14.5 Å². The number of hydrogen-bond acceptors (Lipinski definition) is 7. The summed E-state index contributed by atoms with van der Waals surface area (Å²) in [5.41, 5.74) is 11.4. The molecule has 9 heteroatoms. The van der Waals surface area contributed by atoms with Crippen LogP contribution in [0.25, 0.3) is 0 Å². The lowest BCUT2D eigenvalue weighted by atomic mass is 10.1. The number of ether oxygens (including phenoxy) is 2. The van der Waals surface area contributed by atoms with Crippen molar-refractivity contribution in [3.05, 3.63) is 58.4 Å². The van der Waals surface area contributed by atoms with Crippen molar-refractivity contribution in [2.24, 2.45) is 0 Å². The van der Waals surface area contributed by atoms with Gasteiger partial charge in [0.05, 0.1) is 19.9 Å². The van der Waals surface area contributed by atoms with Crippen LogP contribution in [0.3, 0.4) is 0 Å². The molecule has 3 rings (SSSR count). The topological polar surface area (TPSA) is 96.3 Å². The minimum absolute atomic E-state index is 0.0545. The van der Waals surface area contributed by atoms with Crippen LogP contribution < -0.4 is 20.6 Å². The quantitative estimate of drug-likeness (QED) is 0.465. The molecule has 0 fully saturated rings. The summed E-state index contributed by atoms with van der Waals surface area (Å²) in [4.78, 5) is 12.7. The number of nitrogen functional groups attached to an aromatic ring is 1. The molecule has 0 amide bonds. The van der Waals surface area contributed by atoms with Crippen LogP contribution in [0.15, 0.2) is 42.5 Å². The number of Topliss-reactive ketones (excluding diaryl/α,β-unsaturated/α-hetero) is 1. The first-order valence-corrected chi connectivity index (χ1v) is 8.88. The molecule has 0 atom stereocenters. The first kappa shape index (κ1) is 19.4. The van der Waals surface area contributed by atoms with Gasteiger partial charge in [-0.15, -0.1) is 5.10 Å². The minimum Gasteiger partial charge on any atom is -0.493 e. The van der Waals surface area contributed by atoms with E-state index >= 15 is 0 Å². The number of carbonyl (C=O) groups excluding carboxylic acids is 1. The van der Waals surface area contributed by atoms with E-state index in [9.17, 15) is 4.79 Å². The molecule has 3 aromatic rings. The molecule has 3 N–H and O–H groups in total. The predicted octanol–water partition coefficient (Wildman–Crippen LogP) is 3.08. The van der Waals surface area contributed by atoms with E-state index in [-0.39, 0.29) is 23.0 Å². The van der Waals surface area contributed by atoms with E-state index in [0.29, 0.717) is 17.1 Å². The Morgan fingerprint density at radius 2 is 1.93 bits per heavy atom. The first-order chi connectivity index (χ1) is 13.4. The number of aryl methyl sites for hydroxylation is 1. The lowest BCUT2D eigenvalue weighted by Crippen LogP contribution is -2.15. The monoisotopic (exact) mass is 399 g/mol. The summed E-state index contributed by atoms with van der Waals surface area (Å²) in [6.07, 6.45) is 0. The van der Waals surface area contributed by atoms with Gasteiger partial charge >= 0.3 is 0 Å². The molecule has 146 valence electrons. The number of carbonyl (C=O) groups is 1. The van der Waals surface area contributed by atoms with Crippen molar-refractivity contribution in [3.63, 3.8) is 0 Å². The molecule has 0 unspecified atom stereocenters. The summed E-state index contributed by atoms with van der Waals surface area (Å²) < 4.78 is 13.6. The van der Waals surface area contributed by atoms with Gasteiger partial charge in [0.15, 0.2) is 17.3 Å². The maximum atomic E-state index is 12.7. The van der Waals surface area contributed by atoms with E-state index < -0.39 is 0 Å². The normalized spacial score (nSPS) is 10.5. The van der Waals surface area contributed by atoms with E-state index in [4.69, 9.17) is 27.4 Å². The molecule has 28 heavy (non-hydrogen) atoms. The van der Waals surface area contributed by atoms with Crippen molar-refractivity contribution in [1.29, 1.82) is 0 Å². The zero-order chi connectivity index (χ0) is 20.3. The molecule has 1 aromatic heterocycles. The number of nitrogens with one attached hydrogen (secondary N) is 1. The predicted molar refractivity (Wildman–Crippen MR) is 110 cm³/mol. The molecule has 0 saturated heterocycles. The van der Waals surface area contributed by atoms with Gasteiger partial charge in [0.2, 0.25) is 10.7 Å². The number of methoxy groups -OCH3 is 2. The van der Waals surface area contributed by atoms with E-state index in [1.165, 1.54) is 23.6 Å². The maximum Gasteiger partial charge on any atom is 0.240 e. The number of anilines is 2. The molecule has 0 aliphatic heterocycles. The number of aromatic nitrogens is 3. The average Bonchev–Trinajstić information content (AvgIpc) is 2.94. The molecular weight excluding hydrogens is 378 g/mol. The van der Waals surface area contributed by atoms with Crippen LogP contribution >= 0.6 is 12.2 Å². The largest absolute Gasteiger partial charge is 0.493 e. The number of rotatable bonds is 7. The van der Waals surface area contributed by atoms with Crippen molar-refractivity contribution in [2.45, 2.75) is 13.5 Å². The molecule has 8 nitrogen and oxygen atoms in total. The third kappa shape index (κ3) is 3.99. The Morgan fingerprint density at radius 1 is 1.18 bits per heavy atom. The second-order valence-corrected chi connectivity index (χ2v) is 6.47. The Hall–Kier alpha value is -3.33. The Balaban J connectivity index is 1.83. The molecule has 0 bridgehead atoms. The third-order valence-corrected chi connectivity index (χ3v) is 4.52. The molecule has 0 saturated carbocycles. The lowest BCUT2D eigenvalue weighted by molar-refractivity contribution is 0.0966. The number of ketones is 1. The third-order valence-electron chi connectivity index (χ3n) is 4.12. The zero-order valence-corrected chi connectivity index (χ0v) is 16.6. The number of nitrogens with two attached hydrogens (primary N) is 1. The fourth-order valence-corrected chi connectivity index (χ4v) is 2.96. The number of benzene rings is 2. The molecule has 0 radical (unpaired) electrons. The van der Waals surface area contributed by atoms with Gasteiger partial charge in [-0.3, -0.25) is 10.2 Å². The highest BCUT2D eigenvalue weighted by Gasteiger charge is 2.15. The minimum atomic E-state index is -0.183. The van der Waals surface area contributed by atoms with E-state index in [2.05, 4.69) is 10.5 Å². The Bertz CT molecular complexity index is 1070. The molecule has 2 aromatic carbocycles. The van der Waals surface area contributed by atoms with Crippen LogP contribution in [-0.2, 0) is 6.54 Å². The van der Waals surface area contributed by atoms with Gasteiger partial charge in [0.1, 0.15) is 6.54 Å². The summed E-state index contributed by atoms with van der Waals surface area (Å²) in [5.74, 6) is 0.999. The van der Waals surface area contributed by atoms with Gasteiger partial charge in [-0.1, -0.05) is 12.1 Å². The Morgan fingerprint density at radius 3 is 2.61 bits per heavy atom. The van der Waals surface area contributed by atoms with Gasteiger partial charge in [-0.2, -0.15) is 4.68 Å². The fourth-order valence-electron chi connectivity index (χ4n) is 2.71. The molecule has 0 spiro atoms. The van der Waals surface area contributed by atoms with Crippen molar-refractivity contribution in [2.75, 3.05) is 25.4 Å². The molecule has 0 aliphatic carbocycles.